The molecule has 17 heavy (non-hydrogen) atoms. The highest BCUT2D eigenvalue weighted by Crippen LogP contribution is 2.29. The summed E-state index contributed by atoms with van der Waals surface area (Å²) in [5.74, 6) is 1.000. The number of carbonyl (C=O) groups is 1. The molecule has 0 N–H and O–H groups in total. The Hall–Kier alpha value is -0.770. The molecule has 1 aliphatic carbocycles. The van der Waals surface area contributed by atoms with E-state index in [0.717, 1.165) is 17.4 Å². The van der Waals surface area contributed by atoms with Crippen molar-refractivity contribution in [3.8, 4) is 0 Å². The van der Waals surface area contributed by atoms with Gasteiger partial charge in [-0.05, 0) is 25.3 Å². The van der Waals surface area contributed by atoms with Gasteiger partial charge in [-0.25, -0.2) is 0 Å². The number of ketones is 1. The molecule has 0 saturated heterocycles. The van der Waals surface area contributed by atoms with Crippen LogP contribution in [0.1, 0.15) is 38.2 Å². The van der Waals surface area contributed by atoms with Gasteiger partial charge in [-0.1, -0.05) is 12.8 Å². The molecule has 4 heteroatoms. The molecule has 2 rings (SSSR count). The Bertz CT molecular complexity index is 369. The van der Waals surface area contributed by atoms with Crippen LogP contribution >= 0.6 is 11.8 Å². The Morgan fingerprint density at radius 1 is 1.53 bits per heavy atom. The maximum absolute atomic E-state index is 11.8. The minimum absolute atomic E-state index is 0.331. The van der Waals surface area contributed by atoms with Gasteiger partial charge in [0.25, 0.3) is 0 Å². The zero-order chi connectivity index (χ0) is 12.1. The third kappa shape index (κ3) is 3.87. The number of Topliss-reactive ketones (excluding diaryl/α,β-unsaturated/α-hetero) is 1. The summed E-state index contributed by atoms with van der Waals surface area (Å²) >= 11 is 1.85. The number of hydrogen-bond acceptors (Lipinski definition) is 3. The van der Waals surface area contributed by atoms with E-state index < -0.39 is 0 Å². The lowest BCUT2D eigenvalue weighted by atomic mass is 10.2. The van der Waals surface area contributed by atoms with E-state index in [9.17, 15) is 4.79 Å². The van der Waals surface area contributed by atoms with E-state index in [1.165, 1.54) is 25.7 Å². The molecular formula is C13H20N2OS. The Morgan fingerprint density at radius 3 is 2.94 bits per heavy atom. The first-order chi connectivity index (χ1) is 8.28. The number of carbonyl (C=O) groups excluding carboxylic acids is 1. The topological polar surface area (TPSA) is 34.9 Å². The third-order valence-electron chi connectivity index (χ3n) is 3.19. The van der Waals surface area contributed by atoms with Crippen molar-refractivity contribution in [2.45, 2.75) is 50.8 Å². The third-order valence-corrected chi connectivity index (χ3v) is 4.63. The zero-order valence-electron chi connectivity index (χ0n) is 10.4. The lowest BCUT2D eigenvalue weighted by molar-refractivity contribution is -0.116. The highest BCUT2D eigenvalue weighted by Gasteiger charge is 2.16. The minimum Gasteiger partial charge on any atom is -0.298 e. The van der Waals surface area contributed by atoms with Gasteiger partial charge in [-0.3, -0.25) is 9.48 Å². The van der Waals surface area contributed by atoms with E-state index in [0.29, 0.717) is 18.0 Å². The second-order valence-corrected chi connectivity index (χ2v) is 5.93. The van der Waals surface area contributed by atoms with Crippen LogP contribution in [0.25, 0.3) is 0 Å². The number of nitrogens with zero attached hydrogens (tertiary/aromatic N) is 2. The summed E-state index contributed by atoms with van der Waals surface area (Å²) in [6.07, 6.45) is 9.60. The summed E-state index contributed by atoms with van der Waals surface area (Å²) in [4.78, 5) is 11.8. The van der Waals surface area contributed by atoms with E-state index in [2.05, 4.69) is 12.0 Å². The second-order valence-electron chi connectivity index (χ2n) is 4.64. The van der Waals surface area contributed by atoms with Crippen molar-refractivity contribution in [2.24, 2.45) is 0 Å². The molecule has 0 spiro atoms. The molecule has 1 aliphatic rings. The maximum Gasteiger partial charge on any atom is 0.147 e. The van der Waals surface area contributed by atoms with Crippen LogP contribution in [0, 0.1) is 0 Å². The lowest BCUT2D eigenvalue weighted by Gasteiger charge is -2.06. The van der Waals surface area contributed by atoms with Gasteiger partial charge in [0, 0.05) is 24.4 Å². The van der Waals surface area contributed by atoms with Crippen LogP contribution in [0.3, 0.4) is 0 Å². The van der Waals surface area contributed by atoms with Crippen molar-refractivity contribution in [3.05, 3.63) is 18.0 Å². The van der Waals surface area contributed by atoms with Crippen LogP contribution in [-0.4, -0.2) is 26.6 Å². The summed E-state index contributed by atoms with van der Waals surface area (Å²) in [6, 6.07) is 0. The fourth-order valence-electron chi connectivity index (χ4n) is 2.22. The molecule has 1 fully saturated rings. The van der Waals surface area contributed by atoms with E-state index in [1.807, 2.05) is 28.8 Å². The SMILES string of the molecule is CCn1cc(CC(=O)CSC2CCCC2)cn1. The standard InChI is InChI=1S/C13H20N2OS/c1-2-15-9-11(8-14-15)7-12(16)10-17-13-5-3-4-6-13/h8-9,13H,2-7,10H2,1H3. The second kappa shape index (κ2) is 6.24. The summed E-state index contributed by atoms with van der Waals surface area (Å²) < 4.78 is 1.87. The lowest BCUT2D eigenvalue weighted by Crippen LogP contribution is -2.08. The molecule has 0 aromatic carbocycles. The van der Waals surface area contributed by atoms with Crippen LogP contribution in [-0.2, 0) is 17.8 Å². The first kappa shape index (κ1) is 12.7. The van der Waals surface area contributed by atoms with E-state index in [1.54, 1.807) is 0 Å². The predicted molar refractivity (Wildman–Crippen MR) is 71.3 cm³/mol. The van der Waals surface area contributed by atoms with Crippen molar-refractivity contribution in [3.63, 3.8) is 0 Å². The maximum atomic E-state index is 11.8. The van der Waals surface area contributed by atoms with Crippen LogP contribution in [0.5, 0.6) is 0 Å². The molecular weight excluding hydrogens is 232 g/mol. The minimum atomic E-state index is 0.331. The van der Waals surface area contributed by atoms with Gasteiger partial charge in [0.05, 0.1) is 11.9 Å². The Kier molecular flexibility index (Phi) is 4.66. The van der Waals surface area contributed by atoms with E-state index in [4.69, 9.17) is 0 Å². The van der Waals surface area contributed by atoms with Gasteiger partial charge in [-0.15, -0.1) is 0 Å². The first-order valence-corrected chi connectivity index (χ1v) is 7.47. The van der Waals surface area contributed by atoms with Crippen molar-refractivity contribution in [1.29, 1.82) is 0 Å². The molecule has 1 aromatic rings. The van der Waals surface area contributed by atoms with Crippen molar-refractivity contribution < 1.29 is 4.79 Å². The molecule has 94 valence electrons. The molecule has 3 nitrogen and oxygen atoms in total. The highest BCUT2D eigenvalue weighted by molar-refractivity contribution is 8.00. The normalized spacial score (nSPS) is 16.5. The first-order valence-electron chi connectivity index (χ1n) is 6.42. The molecule has 1 saturated carbocycles. The fraction of sp³-hybridized carbons (Fsp3) is 0.692. The van der Waals surface area contributed by atoms with E-state index >= 15 is 0 Å². The predicted octanol–water partition coefficient (Wildman–Crippen LogP) is 2.69. The molecule has 1 heterocycles. The smallest absolute Gasteiger partial charge is 0.147 e. The van der Waals surface area contributed by atoms with Crippen molar-refractivity contribution in [2.75, 3.05) is 5.75 Å². The number of hydrogen-bond donors (Lipinski definition) is 0. The molecule has 0 radical (unpaired) electrons. The number of aromatic nitrogens is 2. The molecule has 0 aliphatic heterocycles. The quantitative estimate of drug-likeness (QED) is 0.781. The molecule has 0 amide bonds. The average molecular weight is 252 g/mol. The molecule has 0 atom stereocenters. The molecule has 1 aromatic heterocycles. The largest absolute Gasteiger partial charge is 0.298 e. The van der Waals surface area contributed by atoms with Crippen molar-refractivity contribution in [1.82, 2.24) is 9.78 Å². The van der Waals surface area contributed by atoms with Gasteiger partial charge in [0.15, 0.2) is 0 Å². The van der Waals surface area contributed by atoms with Gasteiger partial charge in [0.2, 0.25) is 0 Å². The summed E-state index contributed by atoms with van der Waals surface area (Å²) in [7, 11) is 0. The summed E-state index contributed by atoms with van der Waals surface area (Å²) in [5, 5.41) is 4.92. The fourth-order valence-corrected chi connectivity index (χ4v) is 3.41. The number of rotatable bonds is 6. The Balaban J connectivity index is 1.72. The number of thioether (sulfide) groups is 1. The molecule has 0 unspecified atom stereocenters. The van der Waals surface area contributed by atoms with Gasteiger partial charge in [-0.2, -0.15) is 16.9 Å². The Morgan fingerprint density at radius 2 is 2.29 bits per heavy atom. The van der Waals surface area contributed by atoms with Gasteiger partial charge >= 0.3 is 0 Å². The average Bonchev–Trinajstić information content (AvgIpc) is 2.97. The van der Waals surface area contributed by atoms with Crippen LogP contribution < -0.4 is 0 Å². The monoisotopic (exact) mass is 252 g/mol. The van der Waals surface area contributed by atoms with Crippen LogP contribution in [0.2, 0.25) is 0 Å². The summed E-state index contributed by atoms with van der Waals surface area (Å²) in [5.41, 5.74) is 1.05. The van der Waals surface area contributed by atoms with Crippen LogP contribution in [0.4, 0.5) is 0 Å². The van der Waals surface area contributed by atoms with Crippen LogP contribution in [0.15, 0.2) is 12.4 Å². The Labute approximate surface area is 107 Å². The number of aryl methyl sites for hydroxylation is 1. The van der Waals surface area contributed by atoms with Gasteiger partial charge in [0.1, 0.15) is 5.78 Å². The zero-order valence-corrected chi connectivity index (χ0v) is 11.2. The van der Waals surface area contributed by atoms with Gasteiger partial charge < -0.3 is 0 Å². The summed E-state index contributed by atoms with van der Waals surface area (Å²) in [6.45, 7) is 2.92. The van der Waals surface area contributed by atoms with E-state index in [-0.39, 0.29) is 0 Å². The molecule has 0 bridgehead atoms. The highest BCUT2D eigenvalue weighted by atomic mass is 32.2. The van der Waals surface area contributed by atoms with Crippen molar-refractivity contribution >= 4 is 17.5 Å².